The number of hydrogen-bond acceptors (Lipinski definition) is 2. The van der Waals surface area contributed by atoms with E-state index >= 15 is 0 Å². The number of aromatic nitrogens is 1. The van der Waals surface area contributed by atoms with Crippen molar-refractivity contribution in [2.24, 2.45) is 0 Å². The third-order valence-corrected chi connectivity index (χ3v) is 6.33. The van der Waals surface area contributed by atoms with Crippen LogP contribution in [0.15, 0.2) is 78.9 Å². The molecule has 1 aliphatic heterocycles. The fourth-order valence-corrected chi connectivity index (χ4v) is 4.81. The van der Waals surface area contributed by atoms with Crippen LogP contribution in [-0.4, -0.2) is 28.9 Å². The van der Waals surface area contributed by atoms with E-state index in [-0.39, 0.29) is 11.9 Å². The molecule has 1 amide bonds. The van der Waals surface area contributed by atoms with Crippen LogP contribution in [0, 0.1) is 0 Å². The molecule has 1 unspecified atom stereocenters. The van der Waals surface area contributed by atoms with Gasteiger partial charge in [-0.3, -0.25) is 4.79 Å². The lowest BCUT2D eigenvalue weighted by Gasteiger charge is -2.36. The maximum absolute atomic E-state index is 13.4. The molecule has 1 aliphatic rings. The van der Waals surface area contributed by atoms with Crippen molar-refractivity contribution in [3.8, 4) is 5.75 Å². The summed E-state index contributed by atoms with van der Waals surface area (Å²) in [5, 5.41) is 1.26. The second-order valence-corrected chi connectivity index (χ2v) is 8.29. The summed E-state index contributed by atoms with van der Waals surface area (Å²) in [4.78, 5) is 19.1. The van der Waals surface area contributed by atoms with Crippen molar-refractivity contribution in [1.82, 2.24) is 9.88 Å². The summed E-state index contributed by atoms with van der Waals surface area (Å²) in [5.41, 5.74) is 5.89. The number of carbonyl (C=O) groups excluding carboxylic acids is 1. The Bertz CT molecular complexity index is 1210. The zero-order valence-corrected chi connectivity index (χ0v) is 18.4. The van der Waals surface area contributed by atoms with Gasteiger partial charge in [-0.15, -0.1) is 0 Å². The summed E-state index contributed by atoms with van der Waals surface area (Å²) in [6, 6.07) is 26.7. The summed E-state index contributed by atoms with van der Waals surface area (Å²) in [7, 11) is 0. The zero-order valence-electron chi connectivity index (χ0n) is 18.4. The lowest BCUT2D eigenvalue weighted by atomic mass is 9.91. The normalized spacial score (nSPS) is 15.5. The first-order chi connectivity index (χ1) is 15.7. The Kier molecular flexibility index (Phi) is 5.68. The predicted octanol–water partition coefficient (Wildman–Crippen LogP) is 5.67. The highest BCUT2D eigenvalue weighted by Gasteiger charge is 2.34. The van der Waals surface area contributed by atoms with Gasteiger partial charge in [-0.05, 0) is 54.7 Å². The van der Waals surface area contributed by atoms with Crippen molar-refractivity contribution >= 4 is 16.8 Å². The van der Waals surface area contributed by atoms with Crippen LogP contribution >= 0.6 is 0 Å². The number of para-hydroxylation sites is 1. The fourth-order valence-electron chi connectivity index (χ4n) is 4.81. The average Bonchev–Trinajstić information content (AvgIpc) is 3.22. The molecule has 32 heavy (non-hydrogen) atoms. The molecule has 0 bridgehead atoms. The van der Waals surface area contributed by atoms with Gasteiger partial charge in [0.2, 0.25) is 5.91 Å². The Morgan fingerprint density at radius 2 is 1.75 bits per heavy atom. The lowest BCUT2D eigenvalue weighted by molar-refractivity contribution is -0.133. The summed E-state index contributed by atoms with van der Waals surface area (Å²) < 4.78 is 5.64. The molecule has 5 rings (SSSR count). The van der Waals surface area contributed by atoms with E-state index < -0.39 is 0 Å². The van der Waals surface area contributed by atoms with Crippen molar-refractivity contribution in [3.05, 3.63) is 101 Å². The number of H-pyrrole nitrogens is 1. The van der Waals surface area contributed by atoms with Gasteiger partial charge in [0.1, 0.15) is 5.75 Å². The van der Waals surface area contributed by atoms with E-state index in [0.29, 0.717) is 13.0 Å². The number of fused-ring (bicyclic) bond motifs is 3. The van der Waals surface area contributed by atoms with Gasteiger partial charge in [-0.25, -0.2) is 0 Å². The zero-order chi connectivity index (χ0) is 21.9. The van der Waals surface area contributed by atoms with Crippen LogP contribution in [0.4, 0.5) is 0 Å². The molecule has 0 spiro atoms. The summed E-state index contributed by atoms with van der Waals surface area (Å²) in [5.74, 6) is 1.04. The predicted molar refractivity (Wildman–Crippen MR) is 128 cm³/mol. The molecule has 0 saturated heterocycles. The second-order valence-electron chi connectivity index (χ2n) is 8.29. The van der Waals surface area contributed by atoms with Crippen molar-refractivity contribution in [1.29, 1.82) is 0 Å². The number of rotatable bonds is 6. The van der Waals surface area contributed by atoms with Crippen molar-refractivity contribution in [2.75, 3.05) is 13.2 Å². The SMILES string of the molecule is CCOc1ccc(C2c3[nH]c4ccccc4c3CCN2C(=O)CCc2ccccc2)cc1. The maximum Gasteiger partial charge on any atom is 0.223 e. The number of ether oxygens (including phenoxy) is 1. The first-order valence-electron chi connectivity index (χ1n) is 11.4. The molecule has 4 aromatic rings. The average molecular weight is 425 g/mol. The molecular weight excluding hydrogens is 396 g/mol. The van der Waals surface area contributed by atoms with E-state index in [1.807, 2.05) is 37.3 Å². The third kappa shape index (κ3) is 3.89. The minimum Gasteiger partial charge on any atom is -0.494 e. The number of nitrogens with zero attached hydrogens (tertiary/aromatic N) is 1. The van der Waals surface area contributed by atoms with Crippen LogP contribution in [0.2, 0.25) is 0 Å². The van der Waals surface area contributed by atoms with Crippen molar-refractivity contribution in [3.63, 3.8) is 0 Å². The number of aryl methyl sites for hydroxylation is 1. The molecule has 1 aromatic heterocycles. The highest BCUT2D eigenvalue weighted by Crippen LogP contribution is 2.39. The highest BCUT2D eigenvalue weighted by atomic mass is 16.5. The summed E-state index contributed by atoms with van der Waals surface area (Å²) >= 11 is 0. The minimum atomic E-state index is -0.120. The number of hydrogen-bond donors (Lipinski definition) is 1. The monoisotopic (exact) mass is 424 g/mol. The van der Waals surface area contributed by atoms with Crippen LogP contribution in [0.1, 0.15) is 41.8 Å². The van der Waals surface area contributed by atoms with E-state index in [2.05, 4.69) is 58.4 Å². The molecule has 0 aliphatic carbocycles. The number of benzene rings is 3. The number of carbonyl (C=O) groups is 1. The minimum absolute atomic E-state index is 0.120. The molecule has 4 heteroatoms. The topological polar surface area (TPSA) is 45.3 Å². The van der Waals surface area contributed by atoms with Gasteiger partial charge in [-0.1, -0.05) is 60.7 Å². The molecular formula is C28H28N2O2. The van der Waals surface area contributed by atoms with Gasteiger partial charge in [0.15, 0.2) is 0 Å². The smallest absolute Gasteiger partial charge is 0.223 e. The van der Waals surface area contributed by atoms with Gasteiger partial charge < -0.3 is 14.6 Å². The molecule has 0 radical (unpaired) electrons. The summed E-state index contributed by atoms with van der Waals surface area (Å²) in [6.45, 7) is 3.35. The largest absolute Gasteiger partial charge is 0.494 e. The molecule has 0 saturated carbocycles. The van der Waals surface area contributed by atoms with Crippen LogP contribution in [0.25, 0.3) is 10.9 Å². The highest BCUT2D eigenvalue weighted by molar-refractivity contribution is 5.86. The molecule has 3 aromatic carbocycles. The van der Waals surface area contributed by atoms with Crippen LogP contribution in [-0.2, 0) is 17.6 Å². The van der Waals surface area contributed by atoms with Gasteiger partial charge >= 0.3 is 0 Å². The van der Waals surface area contributed by atoms with E-state index in [9.17, 15) is 4.79 Å². The van der Waals surface area contributed by atoms with Crippen LogP contribution in [0.3, 0.4) is 0 Å². The van der Waals surface area contributed by atoms with E-state index in [0.717, 1.165) is 41.9 Å². The Morgan fingerprint density at radius 1 is 1.00 bits per heavy atom. The Labute approximate surface area is 188 Å². The van der Waals surface area contributed by atoms with E-state index in [4.69, 9.17) is 4.74 Å². The van der Waals surface area contributed by atoms with Gasteiger partial charge in [-0.2, -0.15) is 0 Å². The van der Waals surface area contributed by atoms with E-state index in [1.165, 1.54) is 16.5 Å². The molecule has 0 fully saturated rings. The van der Waals surface area contributed by atoms with E-state index in [1.54, 1.807) is 0 Å². The Hall–Kier alpha value is -3.53. The number of amides is 1. The first kappa shape index (κ1) is 20.4. The van der Waals surface area contributed by atoms with Gasteiger partial charge in [0, 0.05) is 29.6 Å². The maximum atomic E-state index is 13.4. The molecule has 1 N–H and O–H groups in total. The molecule has 1 atom stereocenters. The Morgan fingerprint density at radius 3 is 2.53 bits per heavy atom. The molecule has 2 heterocycles. The van der Waals surface area contributed by atoms with Crippen molar-refractivity contribution in [2.45, 2.75) is 32.2 Å². The standard InChI is InChI=1S/C28H28N2O2/c1-2-32-22-15-13-21(14-16-22)28-27-24(23-10-6-7-11-25(23)29-27)18-19-30(28)26(31)17-12-20-8-4-3-5-9-20/h3-11,13-16,28-29H,2,12,17-19H2,1H3. The van der Waals surface area contributed by atoms with Gasteiger partial charge in [0.25, 0.3) is 0 Å². The third-order valence-electron chi connectivity index (χ3n) is 6.33. The van der Waals surface area contributed by atoms with Gasteiger partial charge in [0.05, 0.1) is 12.6 Å². The molecule has 4 nitrogen and oxygen atoms in total. The quantitative estimate of drug-likeness (QED) is 0.433. The fraction of sp³-hybridized carbons (Fsp3) is 0.250. The molecule has 162 valence electrons. The number of aromatic amines is 1. The first-order valence-corrected chi connectivity index (χ1v) is 11.4. The lowest BCUT2D eigenvalue weighted by Crippen LogP contribution is -2.40. The van der Waals surface area contributed by atoms with Crippen LogP contribution < -0.4 is 4.74 Å². The summed E-state index contributed by atoms with van der Waals surface area (Å²) in [6.07, 6.45) is 2.13. The van der Waals surface area contributed by atoms with Crippen LogP contribution in [0.5, 0.6) is 5.75 Å². The Balaban J connectivity index is 1.49. The second kappa shape index (κ2) is 8.91. The van der Waals surface area contributed by atoms with Crippen molar-refractivity contribution < 1.29 is 9.53 Å². The number of nitrogens with one attached hydrogen (secondary N) is 1.